The molecule has 0 spiro atoms. The Kier molecular flexibility index (Phi) is 5.72. The van der Waals surface area contributed by atoms with Crippen LogP contribution in [0.2, 0.25) is 0 Å². The SMILES string of the molecule is CCc1ccc(-c2noc(C3=C(C)N(c4ccccc4)C(=O)NC3c3ccc(C)cc3)n2)cc1. The zero-order chi connectivity index (χ0) is 23.7. The molecule has 2 amide bonds. The molecule has 0 saturated carbocycles. The number of carbonyl (C=O) groups excluding carboxylic acids is 1. The van der Waals surface area contributed by atoms with Crippen molar-refractivity contribution in [2.45, 2.75) is 33.2 Å². The first-order valence-electron chi connectivity index (χ1n) is 11.4. The molecule has 5 rings (SSSR count). The van der Waals surface area contributed by atoms with Gasteiger partial charge in [0.2, 0.25) is 5.82 Å². The monoisotopic (exact) mass is 450 g/mol. The maximum atomic E-state index is 13.2. The molecule has 1 N–H and O–H groups in total. The Hall–Kier alpha value is -4.19. The predicted molar refractivity (Wildman–Crippen MR) is 133 cm³/mol. The van der Waals surface area contributed by atoms with Gasteiger partial charge in [-0.1, -0.05) is 84.4 Å². The number of benzene rings is 3. The number of rotatable bonds is 5. The van der Waals surface area contributed by atoms with Gasteiger partial charge in [-0.25, -0.2) is 4.79 Å². The molecule has 1 unspecified atom stereocenters. The maximum absolute atomic E-state index is 13.2. The van der Waals surface area contributed by atoms with E-state index < -0.39 is 6.04 Å². The fraction of sp³-hybridized carbons (Fsp3) is 0.179. The van der Waals surface area contributed by atoms with Gasteiger partial charge in [-0.15, -0.1) is 0 Å². The first-order valence-corrected chi connectivity index (χ1v) is 11.4. The third-order valence-electron chi connectivity index (χ3n) is 6.19. The van der Waals surface area contributed by atoms with Gasteiger partial charge < -0.3 is 9.84 Å². The van der Waals surface area contributed by atoms with Crippen molar-refractivity contribution in [2.24, 2.45) is 0 Å². The molecule has 1 aliphatic heterocycles. The highest BCUT2D eigenvalue weighted by molar-refractivity contribution is 6.01. The third kappa shape index (κ3) is 3.99. The van der Waals surface area contributed by atoms with Gasteiger partial charge in [-0.3, -0.25) is 4.90 Å². The van der Waals surface area contributed by atoms with Gasteiger partial charge in [0.05, 0.1) is 17.3 Å². The summed E-state index contributed by atoms with van der Waals surface area (Å²) in [6.45, 7) is 6.08. The van der Waals surface area contributed by atoms with E-state index in [0.29, 0.717) is 11.7 Å². The quantitative estimate of drug-likeness (QED) is 0.387. The van der Waals surface area contributed by atoms with Crippen molar-refractivity contribution in [3.05, 3.63) is 107 Å². The number of nitrogens with zero attached hydrogens (tertiary/aromatic N) is 3. The molecule has 1 aromatic heterocycles. The largest absolute Gasteiger partial charge is 0.334 e. The van der Waals surface area contributed by atoms with Crippen LogP contribution in [0.25, 0.3) is 17.0 Å². The fourth-order valence-corrected chi connectivity index (χ4v) is 4.26. The second kappa shape index (κ2) is 8.98. The van der Waals surface area contributed by atoms with Gasteiger partial charge >= 0.3 is 6.03 Å². The number of hydrogen-bond donors (Lipinski definition) is 1. The molecule has 4 aromatic rings. The van der Waals surface area contributed by atoms with E-state index >= 15 is 0 Å². The normalized spacial score (nSPS) is 16.0. The number of anilines is 1. The second-order valence-electron chi connectivity index (χ2n) is 8.44. The Bertz CT molecular complexity index is 1340. The summed E-state index contributed by atoms with van der Waals surface area (Å²) in [5.41, 5.74) is 6.53. The van der Waals surface area contributed by atoms with Crippen LogP contribution in [0.3, 0.4) is 0 Å². The van der Waals surface area contributed by atoms with E-state index in [1.54, 1.807) is 4.90 Å². The first kappa shape index (κ1) is 21.6. The van der Waals surface area contributed by atoms with Crippen molar-refractivity contribution >= 4 is 17.3 Å². The van der Waals surface area contributed by atoms with Gasteiger partial charge in [0.15, 0.2) is 0 Å². The summed E-state index contributed by atoms with van der Waals surface area (Å²) in [5.74, 6) is 0.905. The lowest BCUT2D eigenvalue weighted by Crippen LogP contribution is -2.46. The minimum atomic E-state index is -0.413. The minimum Gasteiger partial charge on any atom is -0.334 e. The minimum absolute atomic E-state index is 0.201. The Balaban J connectivity index is 1.62. The molecule has 1 atom stereocenters. The van der Waals surface area contributed by atoms with Crippen molar-refractivity contribution in [2.75, 3.05) is 4.90 Å². The molecular formula is C28H26N4O2. The van der Waals surface area contributed by atoms with Gasteiger partial charge in [-0.05, 0) is 43.5 Å². The van der Waals surface area contributed by atoms with Crippen molar-refractivity contribution in [3.8, 4) is 11.4 Å². The van der Waals surface area contributed by atoms with Crippen molar-refractivity contribution < 1.29 is 9.32 Å². The summed E-state index contributed by atoms with van der Waals surface area (Å²) in [6.07, 6.45) is 0.969. The van der Waals surface area contributed by atoms with Crippen LogP contribution in [0.1, 0.15) is 42.5 Å². The lowest BCUT2D eigenvalue weighted by Gasteiger charge is -2.35. The first-order chi connectivity index (χ1) is 16.5. The molecule has 2 heterocycles. The van der Waals surface area contributed by atoms with Crippen LogP contribution >= 0.6 is 0 Å². The number of hydrogen-bond acceptors (Lipinski definition) is 4. The molecule has 6 nitrogen and oxygen atoms in total. The number of para-hydroxylation sites is 1. The van der Waals surface area contributed by atoms with E-state index in [4.69, 9.17) is 9.51 Å². The van der Waals surface area contributed by atoms with E-state index in [1.807, 2.05) is 80.6 Å². The highest BCUT2D eigenvalue weighted by atomic mass is 16.5. The van der Waals surface area contributed by atoms with Crippen LogP contribution in [-0.2, 0) is 6.42 Å². The lowest BCUT2D eigenvalue weighted by molar-refractivity contribution is 0.244. The summed E-state index contributed by atoms with van der Waals surface area (Å²) in [6, 6.07) is 25.2. The topological polar surface area (TPSA) is 71.3 Å². The van der Waals surface area contributed by atoms with E-state index in [1.165, 1.54) is 5.56 Å². The van der Waals surface area contributed by atoms with Crippen LogP contribution in [0, 0.1) is 6.92 Å². The average molecular weight is 451 g/mol. The summed E-state index contributed by atoms with van der Waals surface area (Å²) < 4.78 is 5.78. The highest BCUT2D eigenvalue weighted by Gasteiger charge is 2.36. The predicted octanol–water partition coefficient (Wildman–Crippen LogP) is 6.31. The smallest absolute Gasteiger partial charge is 0.326 e. The van der Waals surface area contributed by atoms with Gasteiger partial charge in [0.25, 0.3) is 5.89 Å². The summed E-state index contributed by atoms with van der Waals surface area (Å²) >= 11 is 0. The Morgan fingerprint density at radius 1 is 0.941 bits per heavy atom. The summed E-state index contributed by atoms with van der Waals surface area (Å²) in [7, 11) is 0. The van der Waals surface area contributed by atoms with E-state index in [-0.39, 0.29) is 6.03 Å². The molecule has 0 bridgehead atoms. The molecule has 1 aliphatic rings. The number of amides is 2. The standard InChI is InChI=1S/C28H26N4O2/c1-4-20-12-16-22(17-13-20)26-30-27(34-31-26)24-19(3)32(23-8-6-5-7-9-23)28(33)29-25(24)21-14-10-18(2)11-15-21/h5-17,25H,4H2,1-3H3,(H,29,33). The second-order valence-corrected chi connectivity index (χ2v) is 8.44. The molecular weight excluding hydrogens is 424 g/mol. The van der Waals surface area contributed by atoms with Gasteiger partial charge in [0.1, 0.15) is 0 Å². The Labute approximate surface area is 198 Å². The zero-order valence-electron chi connectivity index (χ0n) is 19.4. The molecule has 0 aliphatic carbocycles. The lowest BCUT2D eigenvalue weighted by atomic mass is 9.94. The average Bonchev–Trinajstić information content (AvgIpc) is 3.34. The van der Waals surface area contributed by atoms with Gasteiger partial charge in [-0.2, -0.15) is 4.98 Å². The van der Waals surface area contributed by atoms with E-state index in [2.05, 4.69) is 29.5 Å². The number of allylic oxidation sites excluding steroid dienone is 1. The van der Waals surface area contributed by atoms with E-state index in [9.17, 15) is 4.79 Å². The van der Waals surface area contributed by atoms with Crippen LogP contribution in [0.15, 0.2) is 89.1 Å². The third-order valence-corrected chi connectivity index (χ3v) is 6.19. The molecule has 3 aromatic carbocycles. The number of carbonyl (C=O) groups is 1. The maximum Gasteiger partial charge on any atom is 0.326 e. The Morgan fingerprint density at radius 2 is 1.65 bits per heavy atom. The molecule has 6 heteroatoms. The van der Waals surface area contributed by atoms with Crippen LogP contribution in [-0.4, -0.2) is 16.2 Å². The number of aryl methyl sites for hydroxylation is 2. The fourth-order valence-electron chi connectivity index (χ4n) is 4.26. The number of aromatic nitrogens is 2. The molecule has 0 saturated heterocycles. The summed E-state index contributed by atoms with van der Waals surface area (Å²) in [5, 5.41) is 7.40. The molecule has 170 valence electrons. The van der Waals surface area contributed by atoms with Crippen LogP contribution in [0.5, 0.6) is 0 Å². The van der Waals surface area contributed by atoms with Crippen LogP contribution < -0.4 is 10.2 Å². The van der Waals surface area contributed by atoms with Crippen molar-refractivity contribution in [1.82, 2.24) is 15.5 Å². The summed E-state index contributed by atoms with van der Waals surface area (Å²) in [4.78, 5) is 19.6. The van der Waals surface area contributed by atoms with Crippen molar-refractivity contribution in [3.63, 3.8) is 0 Å². The van der Waals surface area contributed by atoms with Crippen LogP contribution in [0.4, 0.5) is 10.5 Å². The van der Waals surface area contributed by atoms with E-state index in [0.717, 1.165) is 40.1 Å². The number of nitrogens with one attached hydrogen (secondary N) is 1. The molecule has 0 fully saturated rings. The Morgan fingerprint density at radius 3 is 2.32 bits per heavy atom. The number of urea groups is 1. The molecule has 34 heavy (non-hydrogen) atoms. The van der Waals surface area contributed by atoms with Gasteiger partial charge in [0, 0.05) is 11.3 Å². The zero-order valence-corrected chi connectivity index (χ0v) is 19.4. The molecule has 0 radical (unpaired) electrons. The highest BCUT2D eigenvalue weighted by Crippen LogP contribution is 2.39. The van der Waals surface area contributed by atoms with Crippen molar-refractivity contribution in [1.29, 1.82) is 0 Å².